The molecule has 4 heterocycles. The van der Waals surface area contributed by atoms with E-state index in [1.807, 2.05) is 38.9 Å². The fourth-order valence-corrected chi connectivity index (χ4v) is 3.59. The Balaban J connectivity index is 1.77. The number of hydrogen-bond acceptors (Lipinski definition) is 5. The van der Waals surface area contributed by atoms with Crippen LogP contribution in [0.3, 0.4) is 0 Å². The Hall–Kier alpha value is -4.04. The topological polar surface area (TPSA) is 45.2 Å². The molecule has 3 aromatic heterocycles. The molecule has 0 saturated carbocycles. The number of alkyl halides is 3. The van der Waals surface area contributed by atoms with E-state index in [4.69, 9.17) is 0 Å². The number of allylic oxidation sites excluding steroid dienone is 2. The van der Waals surface area contributed by atoms with Crippen molar-refractivity contribution >= 4 is 11.5 Å². The number of halogens is 5. The summed E-state index contributed by atoms with van der Waals surface area (Å²) in [4.78, 5) is 15.8. The van der Waals surface area contributed by atoms with Crippen LogP contribution in [0.1, 0.15) is 25.2 Å². The van der Waals surface area contributed by atoms with Crippen LogP contribution >= 0.6 is 0 Å². The van der Waals surface area contributed by atoms with Crippen molar-refractivity contribution in [3.05, 3.63) is 95.5 Å². The highest BCUT2D eigenvalue weighted by Gasteiger charge is 2.33. The first-order chi connectivity index (χ1) is 16.9. The molecule has 0 spiro atoms. The van der Waals surface area contributed by atoms with Crippen LogP contribution in [0.15, 0.2) is 72.2 Å². The zero-order valence-electron chi connectivity index (χ0n) is 19.9. The number of pyridine rings is 3. The third kappa shape index (κ3) is 4.99. The smallest absolute Gasteiger partial charge is 0.378 e. The van der Waals surface area contributed by atoms with E-state index in [0.29, 0.717) is 17.2 Å². The van der Waals surface area contributed by atoms with Crippen LogP contribution in [-0.4, -0.2) is 35.2 Å². The SMILES string of the molecule is CN(C)c1cc(-c2ccc(F)nc2F)nc(C(C)(C)c2cccc(N3C=C=C(C(F)(F)F)C=C3)n2)c1. The molecule has 0 unspecified atom stereocenters. The second-order valence-electron chi connectivity index (χ2n) is 8.88. The van der Waals surface area contributed by atoms with Crippen LogP contribution in [0.25, 0.3) is 11.3 Å². The van der Waals surface area contributed by atoms with E-state index in [-0.39, 0.29) is 11.3 Å². The average Bonchev–Trinajstić information content (AvgIpc) is 2.83. The van der Waals surface area contributed by atoms with Gasteiger partial charge in [0.25, 0.3) is 0 Å². The first-order valence-electron chi connectivity index (χ1n) is 10.9. The molecule has 0 N–H and O–H groups in total. The van der Waals surface area contributed by atoms with E-state index in [1.54, 1.807) is 24.3 Å². The highest BCUT2D eigenvalue weighted by molar-refractivity contribution is 5.65. The van der Waals surface area contributed by atoms with Crippen molar-refractivity contribution < 1.29 is 22.0 Å². The molecule has 186 valence electrons. The fourth-order valence-electron chi connectivity index (χ4n) is 3.59. The highest BCUT2D eigenvalue weighted by atomic mass is 19.4. The van der Waals surface area contributed by atoms with Crippen molar-refractivity contribution in [3.63, 3.8) is 0 Å². The first-order valence-corrected chi connectivity index (χ1v) is 10.9. The van der Waals surface area contributed by atoms with Crippen LogP contribution < -0.4 is 9.80 Å². The van der Waals surface area contributed by atoms with Crippen molar-refractivity contribution in [3.8, 4) is 11.3 Å². The molecule has 0 aliphatic carbocycles. The van der Waals surface area contributed by atoms with Crippen molar-refractivity contribution in [1.82, 2.24) is 15.0 Å². The van der Waals surface area contributed by atoms with Crippen molar-refractivity contribution in [1.29, 1.82) is 0 Å². The predicted octanol–water partition coefficient (Wildman–Crippen LogP) is 6.14. The number of aromatic nitrogens is 3. The van der Waals surface area contributed by atoms with Gasteiger partial charge in [-0.2, -0.15) is 26.9 Å². The van der Waals surface area contributed by atoms with Gasteiger partial charge in [0.2, 0.25) is 11.9 Å². The minimum atomic E-state index is -4.49. The van der Waals surface area contributed by atoms with E-state index < -0.39 is 29.1 Å². The maximum atomic E-state index is 14.5. The second kappa shape index (κ2) is 9.20. The number of anilines is 2. The van der Waals surface area contributed by atoms with Gasteiger partial charge in [-0.3, -0.25) is 4.98 Å². The van der Waals surface area contributed by atoms with Crippen LogP contribution in [0, 0.1) is 11.9 Å². The maximum Gasteiger partial charge on any atom is 0.423 e. The van der Waals surface area contributed by atoms with Crippen molar-refractivity contribution in [2.45, 2.75) is 25.4 Å². The van der Waals surface area contributed by atoms with Crippen molar-refractivity contribution in [2.75, 3.05) is 23.9 Å². The fraction of sp³-hybridized carbons (Fsp3) is 0.231. The van der Waals surface area contributed by atoms with Gasteiger partial charge in [0, 0.05) is 31.4 Å². The molecule has 36 heavy (non-hydrogen) atoms. The van der Waals surface area contributed by atoms with Crippen molar-refractivity contribution in [2.24, 2.45) is 0 Å². The third-order valence-corrected chi connectivity index (χ3v) is 5.76. The molecule has 10 heteroatoms. The van der Waals surface area contributed by atoms with Gasteiger partial charge in [0.05, 0.1) is 28.8 Å². The van der Waals surface area contributed by atoms with E-state index in [0.717, 1.165) is 17.8 Å². The molecular formula is C26H22F5N5. The minimum absolute atomic E-state index is 0.0507. The summed E-state index contributed by atoms with van der Waals surface area (Å²) in [5, 5.41) is 0. The molecule has 0 amide bonds. The highest BCUT2D eigenvalue weighted by Crippen LogP contribution is 2.35. The molecule has 5 nitrogen and oxygen atoms in total. The lowest BCUT2D eigenvalue weighted by Gasteiger charge is -2.27. The number of hydrogen-bond donors (Lipinski definition) is 0. The molecular weight excluding hydrogens is 477 g/mol. The normalized spacial score (nSPS) is 13.7. The summed E-state index contributed by atoms with van der Waals surface area (Å²) in [5.41, 5.74) is 2.75. The van der Waals surface area contributed by atoms with Gasteiger partial charge in [0.1, 0.15) is 11.4 Å². The van der Waals surface area contributed by atoms with E-state index in [2.05, 4.69) is 20.7 Å². The van der Waals surface area contributed by atoms with Crippen LogP contribution in [0.2, 0.25) is 0 Å². The lowest BCUT2D eigenvalue weighted by atomic mass is 9.84. The molecule has 0 atom stereocenters. The Kier molecular flexibility index (Phi) is 6.41. The lowest BCUT2D eigenvalue weighted by molar-refractivity contribution is -0.0880. The molecule has 0 aromatic carbocycles. The first kappa shape index (κ1) is 25.1. The summed E-state index contributed by atoms with van der Waals surface area (Å²) in [6.45, 7) is 3.76. The number of nitrogens with zero attached hydrogens (tertiary/aromatic N) is 5. The lowest BCUT2D eigenvalue weighted by Crippen LogP contribution is -2.24. The van der Waals surface area contributed by atoms with Gasteiger partial charge in [-0.05, 0) is 56.3 Å². The molecule has 1 aliphatic rings. The monoisotopic (exact) mass is 499 g/mol. The molecule has 0 saturated heterocycles. The Morgan fingerprint density at radius 3 is 2.28 bits per heavy atom. The molecule has 0 radical (unpaired) electrons. The molecule has 0 fully saturated rings. The maximum absolute atomic E-state index is 14.5. The van der Waals surface area contributed by atoms with Gasteiger partial charge in [-0.15, -0.1) is 0 Å². The Morgan fingerprint density at radius 2 is 1.67 bits per heavy atom. The van der Waals surface area contributed by atoms with Gasteiger partial charge in [-0.1, -0.05) is 11.8 Å². The van der Waals surface area contributed by atoms with Gasteiger partial charge >= 0.3 is 6.18 Å². The third-order valence-electron chi connectivity index (χ3n) is 5.76. The zero-order chi connectivity index (χ0) is 26.3. The number of rotatable bonds is 5. The summed E-state index contributed by atoms with van der Waals surface area (Å²) in [7, 11) is 3.65. The average molecular weight is 499 g/mol. The standard InChI is InChI=1S/C26H22F5N5/c1-25(2,20-6-5-7-23(33-20)36-12-10-16(11-13-36)26(29,30)31)21-15-17(35(3)4)14-19(32-21)18-8-9-22(27)34-24(18)28/h5-10,12-15H,1-4H3. The molecule has 4 rings (SSSR count). The van der Waals surface area contributed by atoms with E-state index >= 15 is 0 Å². The quantitative estimate of drug-likeness (QED) is 0.240. The summed E-state index contributed by atoms with van der Waals surface area (Å²) < 4.78 is 66.6. The Labute approximate surface area is 204 Å². The molecule has 3 aromatic rings. The predicted molar refractivity (Wildman–Crippen MR) is 127 cm³/mol. The summed E-state index contributed by atoms with van der Waals surface area (Å²) in [6.07, 6.45) is -1.11. The Bertz CT molecular complexity index is 1400. The van der Waals surface area contributed by atoms with Gasteiger partial charge in [0.15, 0.2) is 0 Å². The van der Waals surface area contributed by atoms with Gasteiger partial charge in [-0.25, -0.2) is 4.98 Å². The largest absolute Gasteiger partial charge is 0.423 e. The van der Waals surface area contributed by atoms with Crippen LogP contribution in [0.5, 0.6) is 0 Å². The summed E-state index contributed by atoms with van der Waals surface area (Å²) in [6, 6.07) is 11.0. The zero-order valence-corrected chi connectivity index (χ0v) is 19.9. The van der Waals surface area contributed by atoms with Gasteiger partial charge < -0.3 is 9.80 Å². The van der Waals surface area contributed by atoms with Crippen LogP contribution in [-0.2, 0) is 5.41 Å². The molecule has 0 bridgehead atoms. The Morgan fingerprint density at radius 1 is 0.917 bits per heavy atom. The summed E-state index contributed by atoms with van der Waals surface area (Å²) in [5.74, 6) is -1.51. The van der Waals surface area contributed by atoms with E-state index in [1.165, 1.54) is 23.4 Å². The second-order valence-corrected chi connectivity index (χ2v) is 8.88. The summed E-state index contributed by atoms with van der Waals surface area (Å²) >= 11 is 0. The van der Waals surface area contributed by atoms with E-state index in [9.17, 15) is 22.0 Å². The minimum Gasteiger partial charge on any atom is -0.378 e. The van der Waals surface area contributed by atoms with Crippen LogP contribution in [0.4, 0.5) is 33.5 Å². The molecule has 1 aliphatic heterocycles.